The Morgan fingerprint density at radius 3 is 2.40 bits per heavy atom. The smallest absolute Gasteiger partial charge is 0.231 e. The van der Waals surface area contributed by atoms with Crippen molar-refractivity contribution in [2.24, 2.45) is 0 Å². The van der Waals surface area contributed by atoms with E-state index in [1.54, 1.807) is 42.5 Å². The second-order valence-electron chi connectivity index (χ2n) is 8.14. The van der Waals surface area contributed by atoms with E-state index in [0.29, 0.717) is 51.6 Å². The zero-order chi connectivity index (χ0) is 23.9. The SMILES string of the molecule is O=C1/C(=C/c2cc(Cl)cc3c2OCOC3)Oc2cc(OCc3cc(Cl)cc4c3OCOC4)ccc21. The number of halogens is 2. The molecule has 0 amide bonds. The van der Waals surface area contributed by atoms with E-state index < -0.39 is 0 Å². The van der Waals surface area contributed by atoms with Crippen LogP contribution in [-0.4, -0.2) is 19.4 Å². The molecule has 3 aliphatic rings. The van der Waals surface area contributed by atoms with Crippen molar-refractivity contribution in [1.82, 2.24) is 0 Å². The molecule has 0 radical (unpaired) electrons. The number of Topliss-reactive ketones (excluding diaryl/α,β-unsaturated/α-hetero) is 1. The number of allylic oxidation sites excluding steroid dienone is 1. The van der Waals surface area contributed by atoms with Gasteiger partial charge in [-0.1, -0.05) is 23.2 Å². The molecule has 178 valence electrons. The Labute approximate surface area is 210 Å². The molecule has 3 aromatic carbocycles. The van der Waals surface area contributed by atoms with Gasteiger partial charge in [0, 0.05) is 38.4 Å². The van der Waals surface area contributed by atoms with Crippen LogP contribution in [0.5, 0.6) is 23.0 Å². The summed E-state index contributed by atoms with van der Waals surface area (Å²) in [6.07, 6.45) is 1.64. The monoisotopic (exact) mass is 512 g/mol. The molecular weight excluding hydrogens is 495 g/mol. The molecule has 9 heteroatoms. The van der Waals surface area contributed by atoms with Crippen LogP contribution in [0.4, 0.5) is 0 Å². The van der Waals surface area contributed by atoms with Gasteiger partial charge >= 0.3 is 0 Å². The van der Waals surface area contributed by atoms with Gasteiger partial charge in [0.15, 0.2) is 19.3 Å². The average Bonchev–Trinajstić information content (AvgIpc) is 3.16. The van der Waals surface area contributed by atoms with Crippen molar-refractivity contribution in [3.8, 4) is 23.0 Å². The highest BCUT2D eigenvalue weighted by molar-refractivity contribution is 6.31. The van der Waals surface area contributed by atoms with E-state index in [-0.39, 0.29) is 31.7 Å². The van der Waals surface area contributed by atoms with Crippen LogP contribution < -0.4 is 18.9 Å². The van der Waals surface area contributed by atoms with E-state index in [1.165, 1.54) is 0 Å². The second kappa shape index (κ2) is 9.09. The molecule has 6 rings (SSSR count). The van der Waals surface area contributed by atoms with Gasteiger partial charge < -0.3 is 28.4 Å². The Hall–Kier alpha value is -3.23. The highest BCUT2D eigenvalue weighted by atomic mass is 35.5. The van der Waals surface area contributed by atoms with E-state index in [0.717, 1.165) is 22.4 Å². The van der Waals surface area contributed by atoms with Crippen LogP contribution in [0.2, 0.25) is 10.0 Å². The molecule has 0 saturated heterocycles. The molecule has 0 atom stereocenters. The highest BCUT2D eigenvalue weighted by Crippen LogP contribution is 2.39. The molecule has 0 fully saturated rings. The predicted molar refractivity (Wildman–Crippen MR) is 127 cm³/mol. The van der Waals surface area contributed by atoms with Gasteiger partial charge in [-0.25, -0.2) is 0 Å². The van der Waals surface area contributed by atoms with Gasteiger partial charge in [-0.3, -0.25) is 4.79 Å². The van der Waals surface area contributed by atoms with Gasteiger partial charge in [-0.15, -0.1) is 0 Å². The van der Waals surface area contributed by atoms with Crippen molar-refractivity contribution in [3.63, 3.8) is 0 Å². The van der Waals surface area contributed by atoms with Crippen LogP contribution in [0, 0.1) is 0 Å². The second-order valence-corrected chi connectivity index (χ2v) is 9.02. The maximum atomic E-state index is 13.0. The molecule has 0 aliphatic carbocycles. The number of rotatable bonds is 4. The van der Waals surface area contributed by atoms with E-state index in [9.17, 15) is 4.79 Å². The van der Waals surface area contributed by atoms with Gasteiger partial charge in [0.2, 0.25) is 5.78 Å². The fourth-order valence-corrected chi connectivity index (χ4v) is 4.75. The first kappa shape index (κ1) is 22.2. The van der Waals surface area contributed by atoms with Gasteiger partial charge in [0.25, 0.3) is 0 Å². The van der Waals surface area contributed by atoms with Crippen molar-refractivity contribution < 1.29 is 33.2 Å². The first-order valence-electron chi connectivity index (χ1n) is 10.8. The number of carbonyl (C=O) groups is 1. The van der Waals surface area contributed by atoms with Crippen LogP contribution in [0.1, 0.15) is 32.6 Å². The Balaban J connectivity index is 1.24. The number of hydrogen-bond donors (Lipinski definition) is 0. The number of benzene rings is 3. The topological polar surface area (TPSA) is 72.5 Å². The predicted octanol–water partition coefficient (Wildman–Crippen LogP) is 5.92. The molecule has 0 spiro atoms. The fourth-order valence-electron chi connectivity index (χ4n) is 4.24. The maximum Gasteiger partial charge on any atom is 0.231 e. The summed E-state index contributed by atoms with van der Waals surface area (Å²) in [6, 6.07) is 12.2. The molecule has 35 heavy (non-hydrogen) atoms. The summed E-state index contributed by atoms with van der Waals surface area (Å²) in [5.41, 5.74) is 3.60. The van der Waals surface area contributed by atoms with Crippen LogP contribution >= 0.6 is 23.2 Å². The average molecular weight is 513 g/mol. The quantitative estimate of drug-likeness (QED) is 0.401. The van der Waals surface area contributed by atoms with Crippen LogP contribution in [0.15, 0.2) is 48.2 Å². The largest absolute Gasteiger partial charge is 0.489 e. The fraction of sp³-hybridized carbons (Fsp3) is 0.192. The number of hydrogen-bond acceptors (Lipinski definition) is 7. The molecule has 0 aromatic heterocycles. The summed E-state index contributed by atoms with van der Waals surface area (Å²) in [4.78, 5) is 13.0. The third-order valence-corrected chi connectivity index (χ3v) is 6.21. The van der Waals surface area contributed by atoms with Crippen LogP contribution in [0.25, 0.3) is 6.08 Å². The van der Waals surface area contributed by atoms with E-state index in [4.69, 9.17) is 51.6 Å². The molecule has 0 bridgehead atoms. The molecule has 3 aromatic rings. The van der Waals surface area contributed by atoms with Crippen molar-refractivity contribution in [2.45, 2.75) is 19.8 Å². The minimum Gasteiger partial charge on any atom is -0.489 e. The van der Waals surface area contributed by atoms with Crippen molar-refractivity contribution >= 4 is 35.1 Å². The lowest BCUT2D eigenvalue weighted by Crippen LogP contribution is -2.14. The van der Waals surface area contributed by atoms with Crippen LogP contribution in [0.3, 0.4) is 0 Å². The lowest BCUT2D eigenvalue weighted by molar-refractivity contribution is -0.0175. The van der Waals surface area contributed by atoms with Gasteiger partial charge in [0.1, 0.15) is 29.6 Å². The Morgan fingerprint density at radius 2 is 1.60 bits per heavy atom. The van der Waals surface area contributed by atoms with Gasteiger partial charge in [-0.2, -0.15) is 0 Å². The normalized spacial score (nSPS) is 17.1. The van der Waals surface area contributed by atoms with Crippen molar-refractivity contribution in [2.75, 3.05) is 13.6 Å². The van der Waals surface area contributed by atoms with Gasteiger partial charge in [0.05, 0.1) is 18.8 Å². The Kier molecular flexibility index (Phi) is 5.78. The highest BCUT2D eigenvalue weighted by Gasteiger charge is 2.29. The maximum absolute atomic E-state index is 13.0. The molecule has 3 aliphatic heterocycles. The Morgan fingerprint density at radius 1 is 0.886 bits per heavy atom. The zero-order valence-electron chi connectivity index (χ0n) is 18.3. The van der Waals surface area contributed by atoms with E-state index >= 15 is 0 Å². The van der Waals surface area contributed by atoms with Crippen molar-refractivity contribution in [3.05, 3.63) is 86.1 Å². The minimum atomic E-state index is -0.232. The van der Waals surface area contributed by atoms with Crippen molar-refractivity contribution in [1.29, 1.82) is 0 Å². The van der Waals surface area contributed by atoms with Crippen LogP contribution in [-0.2, 0) is 29.3 Å². The molecule has 3 heterocycles. The van der Waals surface area contributed by atoms with E-state index in [1.807, 2.05) is 6.07 Å². The molecule has 0 unspecified atom stereocenters. The standard InChI is InChI=1S/C26H18Cl2O7/c27-18-3-14(25-15(4-18)9-30-12-33-25)7-23-24(29)21-2-1-20(8-22(21)35-23)32-11-17-6-19(28)5-16-10-31-13-34-26(16)17/h1-8H,9-13H2/b23-7-. The number of ketones is 1. The minimum absolute atomic E-state index is 0.133. The van der Waals surface area contributed by atoms with E-state index in [2.05, 4.69) is 0 Å². The molecular formula is C26H18Cl2O7. The lowest BCUT2D eigenvalue weighted by Gasteiger charge is -2.21. The Bertz CT molecular complexity index is 1380. The first-order valence-corrected chi connectivity index (χ1v) is 11.6. The summed E-state index contributed by atoms with van der Waals surface area (Å²) >= 11 is 12.5. The summed E-state index contributed by atoms with van der Waals surface area (Å²) in [5.74, 6) is 2.24. The van der Waals surface area contributed by atoms with Gasteiger partial charge in [-0.05, 0) is 42.5 Å². The summed E-state index contributed by atoms with van der Waals surface area (Å²) in [6.45, 7) is 1.36. The summed E-state index contributed by atoms with van der Waals surface area (Å²) < 4.78 is 33.8. The third-order valence-electron chi connectivity index (χ3n) is 5.78. The molecule has 0 saturated carbocycles. The number of ether oxygens (including phenoxy) is 6. The molecule has 0 N–H and O–H groups in total. The lowest BCUT2D eigenvalue weighted by atomic mass is 10.1. The number of carbonyl (C=O) groups excluding carboxylic acids is 1. The summed E-state index contributed by atoms with van der Waals surface area (Å²) in [5, 5.41) is 1.09. The zero-order valence-corrected chi connectivity index (χ0v) is 19.8. The number of fused-ring (bicyclic) bond motifs is 3. The first-order chi connectivity index (χ1) is 17.0. The summed E-state index contributed by atoms with van der Waals surface area (Å²) in [7, 11) is 0. The third kappa shape index (κ3) is 4.32. The molecule has 7 nitrogen and oxygen atoms in total.